The molecule has 1 aliphatic heterocycles. The minimum atomic E-state index is -3.71. The van der Waals surface area contributed by atoms with Crippen molar-refractivity contribution >= 4 is 27.5 Å². The lowest BCUT2D eigenvalue weighted by atomic mass is 9.90. The largest absolute Gasteiger partial charge is 0.326 e. The topological polar surface area (TPSA) is 92.3 Å². The molecule has 2 amide bonds. The highest BCUT2D eigenvalue weighted by atomic mass is 32.2. The van der Waals surface area contributed by atoms with E-state index < -0.39 is 33.6 Å². The zero-order chi connectivity index (χ0) is 14.2. The number of benzene rings is 1. The Kier molecular flexibility index (Phi) is 3.27. The van der Waals surface area contributed by atoms with E-state index >= 15 is 0 Å². The maximum absolute atomic E-state index is 13.1. The molecule has 0 fully saturated rings. The fourth-order valence-corrected chi connectivity index (χ4v) is 2.43. The van der Waals surface area contributed by atoms with Crippen LogP contribution in [0.25, 0.3) is 0 Å². The van der Waals surface area contributed by atoms with E-state index in [0.29, 0.717) is 5.56 Å². The SMILES string of the molecule is CS(=O)(=O)NC(=O)C1CC(=O)Nc2cc(F)ccc21. The molecule has 1 heterocycles. The molecular formula is C11H11FN2O4S. The smallest absolute Gasteiger partial charge is 0.241 e. The molecule has 102 valence electrons. The Morgan fingerprint density at radius 3 is 2.79 bits per heavy atom. The summed E-state index contributed by atoms with van der Waals surface area (Å²) in [4.78, 5) is 23.3. The average molecular weight is 286 g/mol. The molecule has 1 aromatic rings. The first-order chi connectivity index (χ1) is 8.76. The van der Waals surface area contributed by atoms with Gasteiger partial charge in [-0.15, -0.1) is 0 Å². The number of amides is 2. The zero-order valence-corrected chi connectivity index (χ0v) is 10.8. The number of sulfonamides is 1. The first-order valence-electron chi connectivity index (χ1n) is 5.37. The van der Waals surface area contributed by atoms with Gasteiger partial charge in [0.15, 0.2) is 0 Å². The lowest BCUT2D eigenvalue weighted by Crippen LogP contribution is -2.37. The number of hydrogen-bond acceptors (Lipinski definition) is 4. The molecule has 8 heteroatoms. The second-order valence-electron chi connectivity index (χ2n) is 4.27. The summed E-state index contributed by atoms with van der Waals surface area (Å²) in [5.74, 6) is -2.76. The average Bonchev–Trinajstić information content (AvgIpc) is 2.24. The first kappa shape index (κ1) is 13.5. The summed E-state index contributed by atoms with van der Waals surface area (Å²) < 4.78 is 37.0. The van der Waals surface area contributed by atoms with Crippen LogP contribution in [0.4, 0.5) is 10.1 Å². The molecular weight excluding hydrogens is 275 g/mol. The molecule has 1 aromatic carbocycles. The van der Waals surface area contributed by atoms with Crippen LogP contribution in [-0.4, -0.2) is 26.5 Å². The van der Waals surface area contributed by atoms with Gasteiger partial charge in [0, 0.05) is 12.1 Å². The lowest BCUT2D eigenvalue weighted by Gasteiger charge is -2.24. The first-order valence-corrected chi connectivity index (χ1v) is 7.26. The molecule has 0 saturated heterocycles. The fourth-order valence-electron chi connectivity index (χ4n) is 1.92. The van der Waals surface area contributed by atoms with E-state index in [1.54, 1.807) is 0 Å². The molecule has 0 aromatic heterocycles. The maximum Gasteiger partial charge on any atom is 0.241 e. The number of nitrogens with one attached hydrogen (secondary N) is 2. The molecule has 2 N–H and O–H groups in total. The molecule has 1 atom stereocenters. The van der Waals surface area contributed by atoms with Crippen molar-refractivity contribution < 1.29 is 22.4 Å². The zero-order valence-electron chi connectivity index (χ0n) is 9.94. The second kappa shape index (κ2) is 4.61. The Labute approximate surface area is 109 Å². The fraction of sp³-hybridized carbons (Fsp3) is 0.273. The summed E-state index contributed by atoms with van der Waals surface area (Å²) in [5, 5.41) is 2.44. The molecule has 19 heavy (non-hydrogen) atoms. The van der Waals surface area contributed by atoms with Crippen LogP contribution in [0.15, 0.2) is 18.2 Å². The van der Waals surface area contributed by atoms with Crippen LogP contribution < -0.4 is 10.0 Å². The molecule has 1 aliphatic rings. The summed E-state index contributed by atoms with van der Waals surface area (Å²) in [6, 6.07) is 3.60. The van der Waals surface area contributed by atoms with Crippen molar-refractivity contribution in [1.29, 1.82) is 0 Å². The van der Waals surface area contributed by atoms with Gasteiger partial charge in [-0.2, -0.15) is 0 Å². The molecule has 0 spiro atoms. The number of hydrogen-bond donors (Lipinski definition) is 2. The minimum absolute atomic E-state index is 0.181. The highest BCUT2D eigenvalue weighted by molar-refractivity contribution is 7.89. The van der Waals surface area contributed by atoms with Crippen molar-refractivity contribution in [3.8, 4) is 0 Å². The Morgan fingerprint density at radius 1 is 1.47 bits per heavy atom. The van der Waals surface area contributed by atoms with E-state index in [1.165, 1.54) is 6.07 Å². The minimum Gasteiger partial charge on any atom is -0.326 e. The summed E-state index contributed by atoms with van der Waals surface area (Å²) >= 11 is 0. The Morgan fingerprint density at radius 2 is 2.16 bits per heavy atom. The highest BCUT2D eigenvalue weighted by Crippen LogP contribution is 2.32. The van der Waals surface area contributed by atoms with Gasteiger partial charge in [0.05, 0.1) is 12.2 Å². The molecule has 0 saturated carbocycles. The third-order valence-electron chi connectivity index (χ3n) is 2.66. The van der Waals surface area contributed by atoms with Crippen molar-refractivity contribution in [2.75, 3.05) is 11.6 Å². The van der Waals surface area contributed by atoms with Crippen LogP contribution in [-0.2, 0) is 19.6 Å². The predicted octanol–water partition coefficient (Wildman–Crippen LogP) is 0.327. The summed E-state index contributed by atoms with van der Waals surface area (Å²) in [5.41, 5.74) is 0.576. The number of carbonyl (C=O) groups excluding carboxylic acids is 2. The van der Waals surface area contributed by atoms with Gasteiger partial charge in [0.25, 0.3) is 0 Å². The Balaban J connectivity index is 2.38. The summed E-state index contributed by atoms with van der Waals surface area (Å²) in [6.07, 6.45) is 0.666. The van der Waals surface area contributed by atoms with Crippen LogP contribution in [0.1, 0.15) is 17.9 Å². The van der Waals surface area contributed by atoms with Crippen LogP contribution in [0.2, 0.25) is 0 Å². The van der Waals surface area contributed by atoms with Crippen LogP contribution in [0.5, 0.6) is 0 Å². The van der Waals surface area contributed by atoms with Crippen LogP contribution in [0, 0.1) is 5.82 Å². The quantitative estimate of drug-likeness (QED) is 0.819. The van der Waals surface area contributed by atoms with Crippen molar-refractivity contribution in [3.63, 3.8) is 0 Å². The van der Waals surface area contributed by atoms with E-state index in [2.05, 4.69) is 5.32 Å². The van der Waals surface area contributed by atoms with Gasteiger partial charge in [0.2, 0.25) is 21.8 Å². The van der Waals surface area contributed by atoms with Crippen LogP contribution in [0.3, 0.4) is 0 Å². The third-order valence-corrected chi connectivity index (χ3v) is 3.23. The molecule has 0 bridgehead atoms. The van der Waals surface area contributed by atoms with Crippen molar-refractivity contribution in [1.82, 2.24) is 4.72 Å². The monoisotopic (exact) mass is 286 g/mol. The van der Waals surface area contributed by atoms with Gasteiger partial charge in [-0.1, -0.05) is 6.07 Å². The maximum atomic E-state index is 13.1. The second-order valence-corrected chi connectivity index (χ2v) is 6.02. The van der Waals surface area contributed by atoms with Crippen molar-refractivity contribution in [2.45, 2.75) is 12.3 Å². The van der Waals surface area contributed by atoms with Crippen molar-refractivity contribution in [3.05, 3.63) is 29.6 Å². The standard InChI is InChI=1S/C11H11FN2O4S/c1-19(17,18)14-11(16)8-5-10(15)13-9-4-6(12)2-3-7(8)9/h2-4,8H,5H2,1H3,(H,13,15)(H,14,16). The highest BCUT2D eigenvalue weighted by Gasteiger charge is 2.32. The molecule has 6 nitrogen and oxygen atoms in total. The number of carbonyl (C=O) groups is 2. The van der Waals surface area contributed by atoms with E-state index in [1.807, 2.05) is 4.72 Å². The summed E-state index contributed by atoms with van der Waals surface area (Å²) in [7, 11) is -3.71. The normalized spacial score (nSPS) is 18.4. The molecule has 2 rings (SSSR count). The van der Waals surface area contributed by atoms with E-state index in [9.17, 15) is 22.4 Å². The number of fused-ring (bicyclic) bond motifs is 1. The third kappa shape index (κ3) is 3.08. The molecule has 1 unspecified atom stereocenters. The number of anilines is 1. The van der Waals surface area contributed by atoms with E-state index in [4.69, 9.17) is 0 Å². The lowest BCUT2D eigenvalue weighted by molar-refractivity contribution is -0.125. The van der Waals surface area contributed by atoms with E-state index in [-0.39, 0.29) is 12.1 Å². The predicted molar refractivity (Wildman–Crippen MR) is 65.4 cm³/mol. The van der Waals surface area contributed by atoms with Crippen molar-refractivity contribution in [2.24, 2.45) is 0 Å². The Hall–Kier alpha value is -1.96. The van der Waals surface area contributed by atoms with Gasteiger partial charge in [-0.25, -0.2) is 12.8 Å². The van der Waals surface area contributed by atoms with Gasteiger partial charge in [0.1, 0.15) is 5.82 Å². The van der Waals surface area contributed by atoms with Gasteiger partial charge in [-0.3, -0.25) is 14.3 Å². The number of rotatable bonds is 2. The Bertz CT molecular complexity index is 657. The van der Waals surface area contributed by atoms with Crippen LogP contribution >= 0.6 is 0 Å². The van der Waals surface area contributed by atoms with E-state index in [0.717, 1.165) is 18.4 Å². The number of halogens is 1. The van der Waals surface area contributed by atoms with Gasteiger partial charge in [-0.05, 0) is 17.7 Å². The molecule has 0 radical (unpaired) electrons. The van der Waals surface area contributed by atoms with Gasteiger partial charge < -0.3 is 5.32 Å². The summed E-state index contributed by atoms with van der Waals surface area (Å²) in [6.45, 7) is 0. The molecule has 0 aliphatic carbocycles. The van der Waals surface area contributed by atoms with Gasteiger partial charge >= 0.3 is 0 Å².